The van der Waals surface area contributed by atoms with Crippen LogP contribution in [0.2, 0.25) is 0 Å². The summed E-state index contributed by atoms with van der Waals surface area (Å²) in [7, 11) is 3.16. The van der Waals surface area contributed by atoms with Crippen molar-refractivity contribution in [3.63, 3.8) is 0 Å². The Bertz CT molecular complexity index is 1270. The van der Waals surface area contributed by atoms with E-state index in [1.807, 2.05) is 12.1 Å². The number of nitrogens with zero attached hydrogens (tertiary/aromatic N) is 4. The molecule has 9 heteroatoms. The number of rotatable bonds is 5. The maximum Gasteiger partial charge on any atom is 0.259 e. The first-order chi connectivity index (χ1) is 15.9. The van der Waals surface area contributed by atoms with Crippen molar-refractivity contribution in [1.82, 2.24) is 19.4 Å². The lowest BCUT2D eigenvalue weighted by molar-refractivity contribution is 0.0789. The second kappa shape index (κ2) is 9.23. The second-order valence-electron chi connectivity index (χ2n) is 7.99. The molecule has 0 bridgehead atoms. The highest BCUT2D eigenvalue weighted by Crippen LogP contribution is 2.27. The lowest BCUT2D eigenvalue weighted by Gasteiger charge is -2.17. The number of methoxy groups -OCH3 is 1. The van der Waals surface area contributed by atoms with Crippen LogP contribution in [-0.4, -0.2) is 51.4 Å². The molecule has 2 aromatic heterocycles. The van der Waals surface area contributed by atoms with Gasteiger partial charge >= 0.3 is 0 Å². The summed E-state index contributed by atoms with van der Waals surface area (Å²) in [6.45, 7) is 2.82. The Morgan fingerprint density at radius 2 is 1.97 bits per heavy atom. The van der Waals surface area contributed by atoms with Crippen molar-refractivity contribution in [2.45, 2.75) is 19.3 Å². The molecule has 1 fully saturated rings. The molecule has 0 saturated carbocycles. The number of aromatic nitrogens is 3. The van der Waals surface area contributed by atoms with Crippen LogP contribution in [0.15, 0.2) is 53.6 Å². The molecule has 0 radical (unpaired) electrons. The number of ether oxygens (including phenoxy) is 1. The number of nitrogens with one attached hydrogen (secondary N) is 1. The van der Waals surface area contributed by atoms with Gasteiger partial charge in [-0.05, 0) is 31.5 Å². The summed E-state index contributed by atoms with van der Waals surface area (Å²) < 4.78 is 6.67. The molecule has 2 amide bonds. The minimum absolute atomic E-state index is 0.0217. The Hall–Kier alpha value is -4.01. The van der Waals surface area contributed by atoms with Crippen LogP contribution in [0.1, 0.15) is 44.6 Å². The number of benzene rings is 1. The SMILES string of the molecule is COc1ccccc1NC(=O)c1cnc(C2CCN(C(=O)c3ccc(=O)n(C)c3)C2)nc1C. The molecule has 9 nitrogen and oxygen atoms in total. The number of amides is 2. The van der Waals surface area contributed by atoms with E-state index in [9.17, 15) is 14.4 Å². The van der Waals surface area contributed by atoms with Gasteiger partial charge in [0.1, 0.15) is 11.6 Å². The van der Waals surface area contributed by atoms with E-state index < -0.39 is 0 Å². The summed E-state index contributed by atoms with van der Waals surface area (Å²) in [5.74, 6) is 0.706. The number of pyridine rings is 1. The molecule has 0 aliphatic carbocycles. The fourth-order valence-corrected chi connectivity index (χ4v) is 3.90. The zero-order valence-corrected chi connectivity index (χ0v) is 18.7. The smallest absolute Gasteiger partial charge is 0.259 e. The van der Waals surface area contributed by atoms with E-state index in [4.69, 9.17) is 4.74 Å². The predicted molar refractivity (Wildman–Crippen MR) is 123 cm³/mol. The molecule has 1 unspecified atom stereocenters. The molecule has 4 rings (SSSR count). The van der Waals surface area contributed by atoms with E-state index in [2.05, 4.69) is 15.3 Å². The molecule has 1 atom stereocenters. The van der Waals surface area contributed by atoms with Crippen molar-refractivity contribution in [3.8, 4) is 5.75 Å². The van der Waals surface area contributed by atoms with Crippen LogP contribution in [0.4, 0.5) is 5.69 Å². The molecular weight excluding hydrogens is 422 g/mol. The van der Waals surface area contributed by atoms with E-state index in [1.165, 1.54) is 16.8 Å². The lowest BCUT2D eigenvalue weighted by atomic mass is 10.1. The quantitative estimate of drug-likeness (QED) is 0.644. The molecule has 3 aromatic rings. The standard InChI is InChI=1S/C24H25N5O4/c1-15-18(23(31)27-19-6-4-5-7-20(19)33-3)12-25-22(26-15)16-10-11-29(14-16)24(32)17-8-9-21(30)28(2)13-17/h4-9,12-13,16H,10-11,14H2,1-3H3,(H,27,31). The van der Waals surface area contributed by atoms with Crippen LogP contribution < -0.4 is 15.6 Å². The molecule has 1 aliphatic heterocycles. The maximum atomic E-state index is 12.8. The van der Waals surface area contributed by atoms with Crippen molar-refractivity contribution in [1.29, 1.82) is 0 Å². The molecular formula is C24H25N5O4. The van der Waals surface area contributed by atoms with E-state index >= 15 is 0 Å². The summed E-state index contributed by atoms with van der Waals surface area (Å²) in [5, 5.41) is 2.84. The van der Waals surface area contributed by atoms with E-state index in [-0.39, 0.29) is 23.3 Å². The summed E-state index contributed by atoms with van der Waals surface area (Å²) in [5.41, 5.74) is 1.82. The molecule has 33 heavy (non-hydrogen) atoms. The van der Waals surface area contributed by atoms with Crippen molar-refractivity contribution in [3.05, 3.63) is 81.8 Å². The third kappa shape index (κ3) is 4.62. The minimum Gasteiger partial charge on any atom is -0.495 e. The topological polar surface area (TPSA) is 106 Å². The second-order valence-corrected chi connectivity index (χ2v) is 7.99. The van der Waals surface area contributed by atoms with Gasteiger partial charge in [-0.1, -0.05) is 12.1 Å². The first-order valence-electron chi connectivity index (χ1n) is 10.6. The molecule has 170 valence electrons. The minimum atomic E-state index is -0.318. The van der Waals surface area contributed by atoms with Crippen molar-refractivity contribution >= 4 is 17.5 Å². The van der Waals surface area contributed by atoms with E-state index in [0.29, 0.717) is 47.2 Å². The van der Waals surface area contributed by atoms with Crippen molar-refractivity contribution in [2.24, 2.45) is 7.05 Å². The van der Waals surface area contributed by atoms with Gasteiger partial charge in [0.15, 0.2) is 0 Å². The highest BCUT2D eigenvalue weighted by Gasteiger charge is 2.30. The van der Waals surface area contributed by atoms with Gasteiger partial charge in [-0.3, -0.25) is 14.4 Å². The van der Waals surface area contributed by atoms with Crippen LogP contribution in [-0.2, 0) is 7.05 Å². The fraction of sp³-hybridized carbons (Fsp3) is 0.292. The van der Waals surface area contributed by atoms with Gasteiger partial charge in [0.05, 0.1) is 29.6 Å². The van der Waals surface area contributed by atoms with Gasteiger partial charge in [0.2, 0.25) is 5.56 Å². The lowest BCUT2D eigenvalue weighted by Crippen LogP contribution is -2.30. The van der Waals surface area contributed by atoms with Gasteiger partial charge in [-0.15, -0.1) is 0 Å². The van der Waals surface area contributed by atoms with Crippen LogP contribution in [0.25, 0.3) is 0 Å². The van der Waals surface area contributed by atoms with Crippen molar-refractivity contribution < 1.29 is 14.3 Å². The molecule has 1 aliphatic rings. The highest BCUT2D eigenvalue weighted by atomic mass is 16.5. The first-order valence-corrected chi connectivity index (χ1v) is 10.6. The third-order valence-electron chi connectivity index (χ3n) is 5.77. The van der Waals surface area contributed by atoms with Gasteiger partial charge < -0.3 is 19.5 Å². The van der Waals surface area contributed by atoms with Crippen LogP contribution in [0.5, 0.6) is 5.75 Å². The maximum absolute atomic E-state index is 12.8. The van der Waals surface area contributed by atoms with Gasteiger partial charge in [0.25, 0.3) is 11.8 Å². The van der Waals surface area contributed by atoms with Crippen LogP contribution in [0.3, 0.4) is 0 Å². The van der Waals surface area contributed by atoms with Crippen LogP contribution >= 0.6 is 0 Å². The van der Waals surface area contributed by atoms with Crippen molar-refractivity contribution in [2.75, 3.05) is 25.5 Å². The molecule has 0 spiro atoms. The average Bonchev–Trinajstić information content (AvgIpc) is 3.31. The number of carbonyl (C=O) groups is 2. The predicted octanol–water partition coefficient (Wildman–Crippen LogP) is 2.37. The summed E-state index contributed by atoms with van der Waals surface area (Å²) in [4.78, 5) is 47.9. The summed E-state index contributed by atoms with van der Waals surface area (Å²) in [6, 6.07) is 10.1. The number of hydrogen-bond donors (Lipinski definition) is 1. The van der Waals surface area contributed by atoms with E-state index in [1.54, 1.807) is 50.4 Å². The normalized spacial score (nSPS) is 15.4. The summed E-state index contributed by atoms with van der Waals surface area (Å²) in [6.07, 6.45) is 3.80. The monoisotopic (exact) mass is 447 g/mol. The largest absolute Gasteiger partial charge is 0.495 e. The number of likely N-dealkylation sites (tertiary alicyclic amines) is 1. The van der Waals surface area contributed by atoms with E-state index in [0.717, 1.165) is 6.42 Å². The molecule has 3 heterocycles. The Morgan fingerprint density at radius 3 is 2.70 bits per heavy atom. The fourth-order valence-electron chi connectivity index (χ4n) is 3.90. The highest BCUT2D eigenvalue weighted by molar-refractivity contribution is 6.05. The molecule has 1 saturated heterocycles. The van der Waals surface area contributed by atoms with Gasteiger partial charge in [-0.2, -0.15) is 0 Å². The number of aryl methyl sites for hydroxylation is 2. The van der Waals surface area contributed by atoms with Crippen LogP contribution in [0, 0.1) is 6.92 Å². The Labute approximate surface area is 191 Å². The average molecular weight is 447 g/mol. The van der Waals surface area contributed by atoms with Gasteiger partial charge in [-0.25, -0.2) is 9.97 Å². The first kappa shape index (κ1) is 22.2. The third-order valence-corrected chi connectivity index (χ3v) is 5.77. The molecule has 1 N–H and O–H groups in total. The Balaban J connectivity index is 1.46. The number of anilines is 1. The number of hydrogen-bond acceptors (Lipinski definition) is 6. The number of para-hydroxylation sites is 2. The summed E-state index contributed by atoms with van der Waals surface area (Å²) >= 11 is 0. The number of carbonyl (C=O) groups excluding carboxylic acids is 2. The Kier molecular flexibility index (Phi) is 6.21. The molecule has 1 aromatic carbocycles. The van der Waals surface area contributed by atoms with Gasteiger partial charge in [0, 0.05) is 44.5 Å². The Morgan fingerprint density at radius 1 is 1.18 bits per heavy atom. The zero-order chi connectivity index (χ0) is 23.5. The zero-order valence-electron chi connectivity index (χ0n) is 18.7.